The predicted molar refractivity (Wildman–Crippen MR) is 130 cm³/mol. The van der Waals surface area contributed by atoms with E-state index in [0.717, 1.165) is 57.4 Å². The molecule has 2 saturated heterocycles. The SMILES string of the molecule is CCOc1ccc(C(C)(C)C)cc1C1CC2(CCN(C(=O)[C@H]3C[C@]4(CCC(O)N4)C3)CC2)C1. The van der Waals surface area contributed by atoms with Gasteiger partial charge in [-0.3, -0.25) is 10.1 Å². The van der Waals surface area contributed by atoms with Gasteiger partial charge in [-0.1, -0.05) is 32.9 Å². The number of likely N-dealkylation sites (tertiary alicyclic amines) is 1. The van der Waals surface area contributed by atoms with Gasteiger partial charge in [-0.2, -0.15) is 0 Å². The third-order valence-electron chi connectivity index (χ3n) is 9.10. The van der Waals surface area contributed by atoms with Gasteiger partial charge in [-0.05, 0) is 92.2 Å². The van der Waals surface area contributed by atoms with Gasteiger partial charge in [-0.15, -0.1) is 0 Å². The van der Waals surface area contributed by atoms with Crippen molar-refractivity contribution in [1.82, 2.24) is 10.2 Å². The van der Waals surface area contributed by atoms with Gasteiger partial charge in [0.15, 0.2) is 0 Å². The van der Waals surface area contributed by atoms with E-state index in [1.165, 1.54) is 24.0 Å². The fraction of sp³-hybridized carbons (Fsp3) is 0.750. The number of piperidine rings is 1. The summed E-state index contributed by atoms with van der Waals surface area (Å²) >= 11 is 0. The summed E-state index contributed by atoms with van der Waals surface area (Å²) in [4.78, 5) is 15.2. The lowest BCUT2D eigenvalue weighted by atomic mass is 9.55. The molecule has 1 unspecified atom stereocenters. The Morgan fingerprint density at radius 2 is 1.85 bits per heavy atom. The molecule has 2 N–H and O–H groups in total. The van der Waals surface area contributed by atoms with E-state index >= 15 is 0 Å². The van der Waals surface area contributed by atoms with E-state index in [4.69, 9.17) is 4.74 Å². The molecule has 182 valence electrons. The van der Waals surface area contributed by atoms with Crippen molar-refractivity contribution >= 4 is 5.91 Å². The number of aliphatic hydroxyl groups excluding tert-OH is 1. The number of hydrogen-bond acceptors (Lipinski definition) is 4. The Hall–Kier alpha value is -1.59. The van der Waals surface area contributed by atoms with Crippen molar-refractivity contribution in [1.29, 1.82) is 0 Å². The van der Waals surface area contributed by atoms with E-state index in [1.807, 2.05) is 0 Å². The Kier molecular flexibility index (Phi) is 5.80. The third-order valence-corrected chi connectivity index (χ3v) is 9.10. The van der Waals surface area contributed by atoms with E-state index in [-0.39, 0.29) is 23.1 Å². The Bertz CT molecular complexity index is 883. The number of hydrogen-bond donors (Lipinski definition) is 2. The Balaban J connectivity index is 1.17. The van der Waals surface area contributed by atoms with E-state index in [1.54, 1.807) is 0 Å². The first-order valence-electron chi connectivity index (χ1n) is 13.1. The maximum Gasteiger partial charge on any atom is 0.225 e. The highest BCUT2D eigenvalue weighted by molar-refractivity contribution is 5.80. The zero-order valence-electron chi connectivity index (χ0n) is 21.0. The lowest BCUT2D eigenvalue weighted by molar-refractivity contribution is -0.145. The summed E-state index contributed by atoms with van der Waals surface area (Å²) in [5.41, 5.74) is 3.35. The highest BCUT2D eigenvalue weighted by Gasteiger charge is 2.53. The molecule has 1 aromatic carbocycles. The standard InChI is InChI=1S/C28H42N2O3/c1-5-33-23-7-6-21(26(2,3)4)14-22(23)19-15-27(16-19)10-12-30(13-11-27)25(32)20-17-28(18-20)9-8-24(31)29-28/h6-7,14,19-20,24,29,31H,5,8-13,15-18H2,1-4H3/t20-,24?,28+. The summed E-state index contributed by atoms with van der Waals surface area (Å²) in [6, 6.07) is 6.79. The maximum absolute atomic E-state index is 13.1. The van der Waals surface area contributed by atoms with Crippen LogP contribution < -0.4 is 10.1 Å². The summed E-state index contributed by atoms with van der Waals surface area (Å²) in [5.74, 6) is 2.14. The van der Waals surface area contributed by atoms with Crippen molar-refractivity contribution in [2.24, 2.45) is 11.3 Å². The van der Waals surface area contributed by atoms with Gasteiger partial charge in [0.2, 0.25) is 5.91 Å². The van der Waals surface area contributed by atoms with Crippen LogP contribution in [0.4, 0.5) is 0 Å². The van der Waals surface area contributed by atoms with Gasteiger partial charge in [0.05, 0.1) is 6.61 Å². The van der Waals surface area contributed by atoms with Crippen LogP contribution in [-0.4, -0.2) is 47.4 Å². The topological polar surface area (TPSA) is 61.8 Å². The quantitative estimate of drug-likeness (QED) is 0.691. The van der Waals surface area contributed by atoms with Gasteiger partial charge in [-0.25, -0.2) is 0 Å². The van der Waals surface area contributed by atoms with Crippen LogP contribution in [0.5, 0.6) is 5.75 Å². The average Bonchev–Trinajstić information content (AvgIpc) is 3.12. The van der Waals surface area contributed by atoms with Gasteiger partial charge >= 0.3 is 0 Å². The first-order valence-corrected chi connectivity index (χ1v) is 13.1. The van der Waals surface area contributed by atoms with E-state index in [9.17, 15) is 9.90 Å². The number of aliphatic hydroxyl groups is 1. The molecule has 5 nitrogen and oxygen atoms in total. The zero-order valence-corrected chi connectivity index (χ0v) is 21.0. The molecular formula is C28H42N2O3. The second-order valence-electron chi connectivity index (χ2n) is 12.5. The number of benzene rings is 1. The molecule has 2 aliphatic carbocycles. The van der Waals surface area contributed by atoms with Crippen molar-refractivity contribution in [2.75, 3.05) is 19.7 Å². The molecule has 1 amide bonds. The van der Waals surface area contributed by atoms with Crippen molar-refractivity contribution < 1.29 is 14.6 Å². The minimum Gasteiger partial charge on any atom is -0.494 e. The molecule has 0 aromatic heterocycles. The Morgan fingerprint density at radius 1 is 1.15 bits per heavy atom. The molecule has 1 atom stereocenters. The monoisotopic (exact) mass is 454 g/mol. The molecular weight excluding hydrogens is 412 g/mol. The molecule has 2 heterocycles. The molecule has 2 aliphatic heterocycles. The highest BCUT2D eigenvalue weighted by atomic mass is 16.5. The maximum atomic E-state index is 13.1. The Morgan fingerprint density at radius 3 is 2.42 bits per heavy atom. The first-order chi connectivity index (χ1) is 15.6. The molecule has 2 saturated carbocycles. The van der Waals surface area contributed by atoms with Crippen LogP contribution in [0.1, 0.15) is 96.1 Å². The minimum absolute atomic E-state index is 0.0395. The van der Waals surface area contributed by atoms with Crippen molar-refractivity contribution in [2.45, 2.75) is 102 Å². The van der Waals surface area contributed by atoms with Gasteiger partial charge in [0.25, 0.3) is 0 Å². The molecule has 1 aromatic rings. The number of carbonyl (C=O) groups excluding carboxylic acids is 1. The van der Waals surface area contributed by atoms with Crippen molar-refractivity contribution in [3.63, 3.8) is 0 Å². The minimum atomic E-state index is -0.380. The molecule has 0 radical (unpaired) electrons. The predicted octanol–water partition coefficient (Wildman–Crippen LogP) is 4.72. The molecule has 0 bridgehead atoms. The molecule has 4 fully saturated rings. The largest absolute Gasteiger partial charge is 0.494 e. The van der Waals surface area contributed by atoms with Crippen molar-refractivity contribution in [3.8, 4) is 5.75 Å². The van der Waals surface area contributed by atoms with Gasteiger partial charge < -0.3 is 14.7 Å². The summed E-state index contributed by atoms with van der Waals surface area (Å²) in [5, 5.41) is 13.1. The summed E-state index contributed by atoms with van der Waals surface area (Å²) in [6.45, 7) is 11.4. The Labute approximate surface area is 199 Å². The average molecular weight is 455 g/mol. The van der Waals surface area contributed by atoms with E-state index in [0.29, 0.717) is 23.8 Å². The number of nitrogens with zero attached hydrogens (tertiary/aromatic N) is 1. The molecule has 4 aliphatic rings. The van der Waals surface area contributed by atoms with Crippen LogP contribution in [0.3, 0.4) is 0 Å². The number of nitrogens with one attached hydrogen (secondary N) is 1. The van der Waals surface area contributed by atoms with Gasteiger partial charge in [0, 0.05) is 24.5 Å². The number of rotatable bonds is 4. The number of carbonyl (C=O) groups is 1. The first kappa shape index (κ1) is 23.2. The van der Waals surface area contributed by atoms with Crippen LogP contribution >= 0.6 is 0 Å². The summed E-state index contributed by atoms with van der Waals surface area (Å²) < 4.78 is 6.00. The highest BCUT2D eigenvalue weighted by Crippen LogP contribution is 2.58. The number of amides is 1. The molecule has 5 heteroatoms. The van der Waals surface area contributed by atoms with Crippen LogP contribution in [0.15, 0.2) is 18.2 Å². The zero-order chi connectivity index (χ0) is 23.4. The fourth-order valence-corrected chi connectivity index (χ4v) is 6.99. The van der Waals surface area contributed by atoms with E-state index < -0.39 is 0 Å². The normalized spacial score (nSPS) is 28.6. The molecule has 2 spiro atoms. The van der Waals surface area contributed by atoms with Crippen molar-refractivity contribution in [3.05, 3.63) is 29.3 Å². The molecule has 33 heavy (non-hydrogen) atoms. The van der Waals surface area contributed by atoms with Crippen LogP contribution in [0.2, 0.25) is 0 Å². The smallest absolute Gasteiger partial charge is 0.225 e. The fourth-order valence-electron chi connectivity index (χ4n) is 6.99. The van der Waals surface area contributed by atoms with Crippen LogP contribution in [-0.2, 0) is 10.2 Å². The second-order valence-corrected chi connectivity index (χ2v) is 12.5. The van der Waals surface area contributed by atoms with E-state index in [2.05, 4.69) is 56.1 Å². The summed E-state index contributed by atoms with van der Waals surface area (Å²) in [7, 11) is 0. The van der Waals surface area contributed by atoms with Crippen LogP contribution in [0, 0.1) is 11.3 Å². The lowest BCUT2D eigenvalue weighted by Gasteiger charge is -2.54. The second kappa shape index (κ2) is 8.27. The van der Waals surface area contributed by atoms with Gasteiger partial charge in [0.1, 0.15) is 12.0 Å². The lowest BCUT2D eigenvalue weighted by Crippen LogP contribution is -2.58. The third kappa shape index (κ3) is 4.32. The number of ether oxygens (including phenoxy) is 1. The molecule has 5 rings (SSSR count). The van der Waals surface area contributed by atoms with Crippen LogP contribution in [0.25, 0.3) is 0 Å². The summed E-state index contributed by atoms with van der Waals surface area (Å²) in [6.07, 6.45) is 7.94.